The van der Waals surface area contributed by atoms with E-state index in [1.165, 1.54) is 15.1 Å². The molecule has 0 aliphatic carbocycles. The summed E-state index contributed by atoms with van der Waals surface area (Å²) in [6.45, 7) is 2.14. The van der Waals surface area contributed by atoms with Gasteiger partial charge in [0.15, 0.2) is 0 Å². The van der Waals surface area contributed by atoms with E-state index in [-0.39, 0.29) is 0 Å². The summed E-state index contributed by atoms with van der Waals surface area (Å²) in [7, 11) is 2.08. The topological polar surface area (TPSA) is 4.93 Å². The summed E-state index contributed by atoms with van der Waals surface area (Å²) in [6.07, 6.45) is 2.10. The van der Waals surface area contributed by atoms with Crippen LogP contribution >= 0.6 is 11.3 Å². The van der Waals surface area contributed by atoms with Crippen LogP contribution in [0.1, 0.15) is 4.88 Å². The van der Waals surface area contributed by atoms with Gasteiger partial charge in [-0.15, -0.1) is 11.3 Å². The minimum Gasteiger partial charge on any atom is -0.350 e. The van der Waals surface area contributed by atoms with Gasteiger partial charge < -0.3 is 4.57 Å². The number of aromatic nitrogens is 1. The SMILES string of the molecule is Cc1cc2c(ccn2C)s1. The second-order valence-corrected chi connectivity index (χ2v) is 3.82. The zero-order valence-corrected chi connectivity index (χ0v) is 6.90. The molecular weight excluding hydrogens is 142 g/mol. The Kier molecular flexibility index (Phi) is 1.11. The number of nitrogens with zero attached hydrogens (tertiary/aromatic N) is 1. The van der Waals surface area contributed by atoms with Gasteiger partial charge in [0, 0.05) is 18.1 Å². The van der Waals surface area contributed by atoms with Gasteiger partial charge in [0.25, 0.3) is 0 Å². The van der Waals surface area contributed by atoms with Crippen molar-refractivity contribution < 1.29 is 0 Å². The molecule has 0 aliphatic heterocycles. The fourth-order valence-electron chi connectivity index (χ4n) is 1.17. The molecule has 0 atom stereocenters. The molecule has 0 saturated heterocycles. The normalized spacial score (nSPS) is 11.0. The van der Waals surface area contributed by atoms with Gasteiger partial charge in [-0.25, -0.2) is 0 Å². The fraction of sp³-hybridized carbons (Fsp3) is 0.250. The smallest absolute Gasteiger partial charge is 0.0589 e. The van der Waals surface area contributed by atoms with Crippen LogP contribution in [0.3, 0.4) is 0 Å². The summed E-state index contributed by atoms with van der Waals surface area (Å²) in [5.74, 6) is 0. The third-order valence-electron chi connectivity index (χ3n) is 1.69. The Morgan fingerprint density at radius 1 is 1.50 bits per heavy atom. The van der Waals surface area contributed by atoms with E-state index in [2.05, 4.69) is 36.9 Å². The van der Waals surface area contributed by atoms with Gasteiger partial charge in [0.1, 0.15) is 0 Å². The summed E-state index contributed by atoms with van der Waals surface area (Å²) >= 11 is 1.85. The zero-order valence-electron chi connectivity index (χ0n) is 6.09. The van der Waals surface area contributed by atoms with Gasteiger partial charge in [0.05, 0.1) is 10.2 Å². The molecule has 0 spiro atoms. The largest absolute Gasteiger partial charge is 0.350 e. The van der Waals surface area contributed by atoms with E-state index in [1.807, 2.05) is 11.3 Å². The maximum absolute atomic E-state index is 2.22. The highest BCUT2D eigenvalue weighted by molar-refractivity contribution is 7.18. The van der Waals surface area contributed by atoms with Crippen molar-refractivity contribution in [1.82, 2.24) is 4.57 Å². The lowest BCUT2D eigenvalue weighted by molar-refractivity contribution is 0.969. The highest BCUT2D eigenvalue weighted by atomic mass is 32.1. The van der Waals surface area contributed by atoms with Gasteiger partial charge in [0.2, 0.25) is 0 Å². The molecule has 0 unspecified atom stereocenters. The van der Waals surface area contributed by atoms with Crippen LogP contribution in [0, 0.1) is 6.92 Å². The van der Waals surface area contributed by atoms with Crippen LogP contribution in [0.5, 0.6) is 0 Å². The summed E-state index contributed by atoms with van der Waals surface area (Å²) in [4.78, 5) is 1.39. The Morgan fingerprint density at radius 2 is 2.30 bits per heavy atom. The summed E-state index contributed by atoms with van der Waals surface area (Å²) in [6, 6.07) is 4.38. The first-order chi connectivity index (χ1) is 4.77. The number of rotatable bonds is 0. The van der Waals surface area contributed by atoms with Gasteiger partial charge in [-0.05, 0) is 19.1 Å². The molecule has 0 aliphatic rings. The van der Waals surface area contributed by atoms with E-state index < -0.39 is 0 Å². The number of aryl methyl sites for hydroxylation is 2. The van der Waals surface area contributed by atoms with Crippen molar-refractivity contribution in [1.29, 1.82) is 0 Å². The first-order valence-electron chi connectivity index (χ1n) is 3.29. The molecule has 0 radical (unpaired) electrons. The van der Waals surface area contributed by atoms with Crippen LogP contribution in [-0.4, -0.2) is 4.57 Å². The molecule has 1 nitrogen and oxygen atoms in total. The van der Waals surface area contributed by atoms with Crippen molar-refractivity contribution in [2.75, 3.05) is 0 Å². The molecule has 2 heteroatoms. The van der Waals surface area contributed by atoms with Gasteiger partial charge >= 0.3 is 0 Å². The van der Waals surface area contributed by atoms with E-state index in [1.54, 1.807) is 0 Å². The number of hydrogen-bond acceptors (Lipinski definition) is 1. The Balaban J connectivity index is 2.90. The van der Waals surface area contributed by atoms with Crippen LogP contribution in [0.25, 0.3) is 10.2 Å². The van der Waals surface area contributed by atoms with E-state index in [0.29, 0.717) is 0 Å². The third kappa shape index (κ3) is 0.688. The third-order valence-corrected chi connectivity index (χ3v) is 2.70. The summed E-state index contributed by atoms with van der Waals surface area (Å²) in [5, 5.41) is 0. The molecule has 2 aromatic heterocycles. The molecule has 0 saturated carbocycles. The summed E-state index contributed by atoms with van der Waals surface area (Å²) < 4.78 is 3.54. The molecule has 2 heterocycles. The first kappa shape index (κ1) is 5.98. The van der Waals surface area contributed by atoms with E-state index >= 15 is 0 Å². The second kappa shape index (κ2) is 1.86. The highest BCUT2D eigenvalue weighted by Crippen LogP contribution is 2.24. The molecule has 0 bridgehead atoms. The lowest BCUT2D eigenvalue weighted by Crippen LogP contribution is -1.79. The van der Waals surface area contributed by atoms with Crippen molar-refractivity contribution in [3.05, 3.63) is 23.2 Å². The Bertz CT molecular complexity index is 356. The Morgan fingerprint density at radius 3 is 3.00 bits per heavy atom. The van der Waals surface area contributed by atoms with Crippen LogP contribution in [0.4, 0.5) is 0 Å². The van der Waals surface area contributed by atoms with Crippen molar-refractivity contribution in [3.8, 4) is 0 Å². The molecule has 2 rings (SSSR count). The van der Waals surface area contributed by atoms with Gasteiger partial charge in [-0.3, -0.25) is 0 Å². The lowest BCUT2D eigenvalue weighted by Gasteiger charge is -1.86. The minimum absolute atomic E-state index is 1.35. The second-order valence-electron chi connectivity index (χ2n) is 2.53. The van der Waals surface area contributed by atoms with Crippen LogP contribution in [0.15, 0.2) is 18.3 Å². The van der Waals surface area contributed by atoms with E-state index in [4.69, 9.17) is 0 Å². The molecule has 0 fully saturated rings. The quantitative estimate of drug-likeness (QED) is 0.545. The highest BCUT2D eigenvalue weighted by Gasteiger charge is 1.99. The predicted octanol–water partition coefficient (Wildman–Crippen LogP) is 2.55. The van der Waals surface area contributed by atoms with Crippen LogP contribution < -0.4 is 0 Å². The molecule has 0 aromatic carbocycles. The lowest BCUT2D eigenvalue weighted by atomic mass is 10.4. The zero-order chi connectivity index (χ0) is 7.14. The van der Waals surface area contributed by atoms with Crippen LogP contribution in [0.2, 0.25) is 0 Å². The first-order valence-corrected chi connectivity index (χ1v) is 4.10. The standard InChI is InChI=1S/C8H9NS/c1-6-5-7-8(10-6)3-4-9(7)2/h3-5H,1-2H3. The maximum atomic E-state index is 2.22. The Hall–Kier alpha value is -0.760. The minimum atomic E-state index is 1.35. The monoisotopic (exact) mass is 151 g/mol. The molecule has 0 N–H and O–H groups in total. The van der Waals surface area contributed by atoms with Crippen molar-refractivity contribution >= 4 is 21.6 Å². The molecule has 0 amide bonds. The Labute approximate surface area is 63.9 Å². The summed E-state index contributed by atoms with van der Waals surface area (Å²) in [5.41, 5.74) is 1.35. The molecule has 2 aromatic rings. The van der Waals surface area contributed by atoms with Crippen molar-refractivity contribution in [2.24, 2.45) is 7.05 Å². The van der Waals surface area contributed by atoms with E-state index in [0.717, 1.165) is 0 Å². The maximum Gasteiger partial charge on any atom is 0.0589 e. The van der Waals surface area contributed by atoms with Gasteiger partial charge in [-0.2, -0.15) is 0 Å². The molecule has 52 valence electrons. The predicted molar refractivity (Wildman–Crippen MR) is 45.5 cm³/mol. The average molecular weight is 151 g/mol. The molecule has 10 heavy (non-hydrogen) atoms. The van der Waals surface area contributed by atoms with Crippen molar-refractivity contribution in [3.63, 3.8) is 0 Å². The number of fused-ring (bicyclic) bond motifs is 1. The van der Waals surface area contributed by atoms with Gasteiger partial charge in [-0.1, -0.05) is 0 Å². The number of hydrogen-bond donors (Lipinski definition) is 0. The molecular formula is C8H9NS. The van der Waals surface area contributed by atoms with Crippen molar-refractivity contribution in [2.45, 2.75) is 6.92 Å². The fourth-order valence-corrected chi connectivity index (χ4v) is 2.13. The average Bonchev–Trinajstić information content (AvgIpc) is 2.35. The van der Waals surface area contributed by atoms with E-state index in [9.17, 15) is 0 Å². The number of thiophene rings is 1. The van der Waals surface area contributed by atoms with Crippen LogP contribution in [-0.2, 0) is 7.05 Å².